The van der Waals surface area contributed by atoms with Crippen LogP contribution >= 0.6 is 0 Å². The van der Waals surface area contributed by atoms with Gasteiger partial charge in [-0.2, -0.15) is 0 Å². The van der Waals surface area contributed by atoms with Crippen LogP contribution in [0.2, 0.25) is 11.1 Å². The van der Waals surface area contributed by atoms with Crippen molar-refractivity contribution in [2.24, 2.45) is 0 Å². The summed E-state index contributed by atoms with van der Waals surface area (Å²) >= 11 is 0. The fraction of sp³-hybridized carbons (Fsp3) is 0.846. The lowest BCUT2D eigenvalue weighted by Gasteiger charge is -2.30. The van der Waals surface area contributed by atoms with Crippen LogP contribution < -0.4 is 0 Å². The van der Waals surface area contributed by atoms with E-state index in [0.717, 1.165) is 0 Å². The van der Waals surface area contributed by atoms with Gasteiger partial charge in [0, 0.05) is 36.1 Å². The molecule has 0 spiro atoms. The Hall–Kier alpha value is -0.746. The molecule has 0 aromatic heterocycles. The third-order valence-corrected chi connectivity index (χ3v) is 7.79. The Morgan fingerprint density at radius 1 is 1.05 bits per heavy atom. The van der Waals surface area contributed by atoms with Gasteiger partial charge in [0.05, 0.1) is 11.5 Å². The first-order chi connectivity index (χ1) is 10.2. The summed E-state index contributed by atoms with van der Waals surface area (Å²) < 4.78 is 17.1. The molecule has 0 aliphatic rings. The first kappa shape index (κ1) is 21.3. The molecule has 0 fully saturated rings. The highest BCUT2D eigenvalue weighted by Crippen LogP contribution is 2.35. The Morgan fingerprint density at radius 2 is 1.50 bits per heavy atom. The molecule has 0 aliphatic heterocycles. The third-order valence-electron chi connectivity index (χ3n) is 3.36. The second kappa shape index (κ2) is 10.1. The zero-order chi connectivity index (χ0) is 17.2. The quantitative estimate of drug-likeness (QED) is 0.475. The second-order valence-electron chi connectivity index (χ2n) is 5.27. The van der Waals surface area contributed by atoms with Crippen molar-refractivity contribution in [2.75, 3.05) is 19.8 Å². The highest BCUT2D eigenvalue weighted by atomic mass is 28.4. The van der Waals surface area contributed by atoms with E-state index < -0.39 is 25.8 Å². The molecule has 0 aromatic rings. The fourth-order valence-corrected chi connectivity index (χ4v) is 5.57. The molecule has 22 heavy (non-hydrogen) atoms. The molecule has 0 saturated carbocycles. The minimum atomic E-state index is -2.79. The van der Waals surface area contributed by atoms with Gasteiger partial charge in [-0.05, 0) is 33.6 Å². The third kappa shape index (κ3) is 7.01. The molecular formula is C13H28O7Si2. The topological polar surface area (TPSA) is 102 Å². The number of aliphatic carboxylic acids is 2. The van der Waals surface area contributed by atoms with Gasteiger partial charge < -0.3 is 23.5 Å². The standard InChI is InChI=1S/C13H28O7Si2/c1-4-18-22(19-5-2,20-6-3)9-7-8-13(21,12(16)17)10-11(14)15/h4-10H2,1-3,21H3,(H,14,15)(H,16,17). The van der Waals surface area contributed by atoms with E-state index in [4.69, 9.17) is 18.4 Å². The largest absolute Gasteiger partial charge is 0.500 e. The van der Waals surface area contributed by atoms with E-state index in [1.54, 1.807) is 0 Å². The zero-order valence-electron chi connectivity index (χ0n) is 13.9. The lowest BCUT2D eigenvalue weighted by Crippen LogP contribution is -2.46. The van der Waals surface area contributed by atoms with Crippen molar-refractivity contribution in [1.82, 2.24) is 0 Å². The lowest BCUT2D eigenvalue weighted by molar-refractivity contribution is -0.147. The van der Waals surface area contributed by atoms with E-state index >= 15 is 0 Å². The normalized spacial score (nSPS) is 14.7. The van der Waals surface area contributed by atoms with Gasteiger partial charge in [-0.3, -0.25) is 9.59 Å². The van der Waals surface area contributed by atoms with E-state index in [0.29, 0.717) is 38.7 Å². The molecule has 1 atom stereocenters. The van der Waals surface area contributed by atoms with E-state index in [1.807, 2.05) is 20.8 Å². The van der Waals surface area contributed by atoms with Crippen molar-refractivity contribution in [3.05, 3.63) is 0 Å². The van der Waals surface area contributed by atoms with Gasteiger partial charge in [-0.1, -0.05) is 0 Å². The second-order valence-corrected chi connectivity index (χ2v) is 9.92. The van der Waals surface area contributed by atoms with Crippen LogP contribution in [0.4, 0.5) is 0 Å². The van der Waals surface area contributed by atoms with Crippen molar-refractivity contribution in [2.45, 2.75) is 51.1 Å². The molecule has 2 N–H and O–H groups in total. The van der Waals surface area contributed by atoms with Gasteiger partial charge >= 0.3 is 20.7 Å². The molecule has 0 aliphatic carbocycles. The van der Waals surface area contributed by atoms with Crippen LogP contribution in [0.1, 0.15) is 40.0 Å². The Kier molecular flexibility index (Phi) is 9.77. The van der Waals surface area contributed by atoms with Gasteiger partial charge in [0.2, 0.25) is 0 Å². The molecule has 0 radical (unpaired) electrons. The number of carbonyl (C=O) groups is 2. The van der Waals surface area contributed by atoms with Gasteiger partial charge in [0.25, 0.3) is 0 Å². The minimum absolute atomic E-state index is 0.272. The Bertz CT molecular complexity index is 347. The number of hydrogen-bond donors (Lipinski definition) is 2. The van der Waals surface area contributed by atoms with E-state index in [-0.39, 0.29) is 16.7 Å². The Morgan fingerprint density at radius 3 is 1.82 bits per heavy atom. The van der Waals surface area contributed by atoms with E-state index in [2.05, 4.69) is 0 Å². The molecule has 0 amide bonds. The van der Waals surface area contributed by atoms with E-state index in [1.165, 1.54) is 0 Å². The number of carboxylic acid groups (broad SMARTS) is 2. The van der Waals surface area contributed by atoms with Gasteiger partial charge in [-0.15, -0.1) is 0 Å². The van der Waals surface area contributed by atoms with Crippen LogP contribution in [-0.4, -0.2) is 61.0 Å². The van der Waals surface area contributed by atoms with Crippen molar-refractivity contribution >= 4 is 31.0 Å². The minimum Gasteiger partial charge on any atom is -0.481 e. The molecule has 0 heterocycles. The average molecular weight is 353 g/mol. The van der Waals surface area contributed by atoms with Crippen LogP contribution in [0.25, 0.3) is 0 Å². The first-order valence-corrected chi connectivity index (χ1v) is 10.6. The molecule has 0 bridgehead atoms. The summed E-state index contributed by atoms with van der Waals surface area (Å²) in [6.45, 7) is 6.97. The van der Waals surface area contributed by atoms with Gasteiger partial charge in [0.1, 0.15) is 0 Å². The fourth-order valence-electron chi connectivity index (χ4n) is 2.30. The molecule has 0 rings (SSSR count). The molecule has 0 aromatic carbocycles. The summed E-state index contributed by atoms with van der Waals surface area (Å²) in [5.74, 6) is -2.13. The molecule has 7 nitrogen and oxygen atoms in total. The van der Waals surface area contributed by atoms with Crippen LogP contribution in [0.5, 0.6) is 0 Å². The number of hydrogen-bond acceptors (Lipinski definition) is 5. The van der Waals surface area contributed by atoms with Crippen molar-refractivity contribution in [3.8, 4) is 0 Å². The average Bonchev–Trinajstić information content (AvgIpc) is 2.38. The predicted molar refractivity (Wildman–Crippen MR) is 87.2 cm³/mol. The van der Waals surface area contributed by atoms with Crippen molar-refractivity contribution < 1.29 is 33.1 Å². The summed E-state index contributed by atoms with van der Waals surface area (Å²) in [6, 6.07) is 0.499. The molecule has 0 saturated heterocycles. The molecular weight excluding hydrogens is 324 g/mol. The van der Waals surface area contributed by atoms with Crippen LogP contribution in [0, 0.1) is 0 Å². The first-order valence-electron chi connectivity index (χ1n) is 7.62. The summed E-state index contributed by atoms with van der Waals surface area (Å²) in [6.07, 6.45) is 0.457. The maximum Gasteiger partial charge on any atom is 0.500 e. The number of carboxylic acids is 2. The maximum atomic E-state index is 11.4. The zero-order valence-corrected chi connectivity index (χ0v) is 16.9. The smallest absolute Gasteiger partial charge is 0.481 e. The summed E-state index contributed by atoms with van der Waals surface area (Å²) in [4.78, 5) is 22.3. The van der Waals surface area contributed by atoms with Crippen molar-refractivity contribution in [3.63, 3.8) is 0 Å². The molecule has 9 heteroatoms. The Balaban J connectivity index is 4.81. The molecule has 130 valence electrons. The summed E-state index contributed by atoms with van der Waals surface area (Å²) in [5.41, 5.74) is 0. The monoisotopic (exact) mass is 352 g/mol. The SMILES string of the molecule is CCO[Si](CCCC([SiH3])(CC(=O)O)C(=O)O)(OCC)OCC. The summed E-state index contributed by atoms with van der Waals surface area (Å²) in [5, 5.41) is 17.1. The predicted octanol–water partition coefficient (Wildman–Crippen LogP) is 0.898. The summed E-state index contributed by atoms with van der Waals surface area (Å²) in [7, 11) is -2.52. The Labute approximate surface area is 135 Å². The van der Waals surface area contributed by atoms with E-state index in [9.17, 15) is 14.7 Å². The highest BCUT2D eigenvalue weighted by Gasteiger charge is 2.42. The number of rotatable bonds is 13. The van der Waals surface area contributed by atoms with Gasteiger partial charge in [-0.25, -0.2) is 0 Å². The van der Waals surface area contributed by atoms with Crippen LogP contribution in [-0.2, 0) is 22.9 Å². The van der Waals surface area contributed by atoms with Crippen LogP contribution in [0.15, 0.2) is 0 Å². The maximum absolute atomic E-state index is 11.4. The van der Waals surface area contributed by atoms with Crippen molar-refractivity contribution in [1.29, 1.82) is 0 Å². The molecule has 1 unspecified atom stereocenters. The highest BCUT2D eigenvalue weighted by molar-refractivity contribution is 6.60. The lowest BCUT2D eigenvalue weighted by atomic mass is 9.98. The van der Waals surface area contributed by atoms with Gasteiger partial charge in [0.15, 0.2) is 0 Å². The van der Waals surface area contributed by atoms with Crippen LogP contribution in [0.3, 0.4) is 0 Å².